The first-order valence-corrected chi connectivity index (χ1v) is 11.7. The number of aromatic nitrogens is 5. The summed E-state index contributed by atoms with van der Waals surface area (Å²) in [7, 11) is 2.02. The molecule has 0 fully saturated rings. The maximum atomic E-state index is 6.88. The van der Waals surface area contributed by atoms with Gasteiger partial charge in [0.05, 0.1) is 27.6 Å². The number of hydrogen-bond donors (Lipinski definition) is 1. The van der Waals surface area contributed by atoms with E-state index >= 15 is 0 Å². The second-order valence-corrected chi connectivity index (χ2v) is 8.73. The molecule has 3 aromatic heterocycles. The van der Waals surface area contributed by atoms with Crippen LogP contribution in [0.15, 0.2) is 72.8 Å². The molecule has 34 heavy (non-hydrogen) atoms. The lowest BCUT2D eigenvalue weighted by atomic mass is 10.1. The third-order valence-corrected chi connectivity index (χ3v) is 6.52. The molecule has 0 unspecified atom stereocenters. The van der Waals surface area contributed by atoms with Crippen LogP contribution in [-0.2, 0) is 13.5 Å². The molecule has 0 saturated heterocycles. The van der Waals surface area contributed by atoms with Gasteiger partial charge in [0.2, 0.25) is 0 Å². The van der Waals surface area contributed by atoms with E-state index in [1.54, 1.807) is 0 Å². The Bertz CT molecular complexity index is 1660. The number of hydrogen-bond acceptors (Lipinski definition) is 4. The van der Waals surface area contributed by atoms with E-state index in [1.807, 2.05) is 54.1 Å². The van der Waals surface area contributed by atoms with Gasteiger partial charge in [-0.25, -0.2) is 15.0 Å². The Morgan fingerprint density at radius 1 is 0.794 bits per heavy atom. The predicted octanol–water partition coefficient (Wildman–Crippen LogP) is 6.05. The number of fused-ring (bicyclic) bond motifs is 3. The van der Waals surface area contributed by atoms with Crippen molar-refractivity contribution in [3.8, 4) is 17.1 Å². The number of aryl methyl sites for hydroxylation is 2. The van der Waals surface area contributed by atoms with E-state index in [4.69, 9.17) is 20.7 Å². The van der Waals surface area contributed by atoms with Crippen LogP contribution in [0.1, 0.15) is 25.3 Å². The monoisotopic (exact) mass is 446 g/mol. The van der Waals surface area contributed by atoms with Gasteiger partial charge in [-0.3, -0.25) is 4.57 Å². The van der Waals surface area contributed by atoms with Crippen LogP contribution in [0, 0.1) is 0 Å². The summed E-state index contributed by atoms with van der Waals surface area (Å²) in [5.41, 5.74) is 15.1. The van der Waals surface area contributed by atoms with Gasteiger partial charge in [0, 0.05) is 12.7 Å². The summed E-state index contributed by atoms with van der Waals surface area (Å²) in [5.74, 6) is 1.37. The molecule has 2 N–H and O–H groups in total. The van der Waals surface area contributed by atoms with E-state index < -0.39 is 0 Å². The highest BCUT2D eigenvalue weighted by atomic mass is 15.1. The molecule has 6 aromatic rings. The van der Waals surface area contributed by atoms with Crippen LogP contribution in [0.4, 0.5) is 5.82 Å². The van der Waals surface area contributed by atoms with E-state index in [1.165, 1.54) is 18.4 Å². The van der Waals surface area contributed by atoms with Gasteiger partial charge in [0.15, 0.2) is 5.65 Å². The molecular formula is C28H26N6. The Labute approximate surface area is 197 Å². The van der Waals surface area contributed by atoms with Crippen molar-refractivity contribution in [1.82, 2.24) is 24.1 Å². The molecule has 0 spiro atoms. The SMILES string of the molecule is CCCCc1ccc(-n2c(N)c(-c3nc4ccccc4n3C)c3nc4ccccc4nc32)cc1. The molecule has 0 aliphatic carbocycles. The molecule has 0 atom stereocenters. The van der Waals surface area contributed by atoms with Crippen LogP contribution in [0.5, 0.6) is 0 Å². The average Bonchev–Trinajstić information content (AvgIpc) is 3.34. The van der Waals surface area contributed by atoms with Gasteiger partial charge < -0.3 is 10.3 Å². The van der Waals surface area contributed by atoms with E-state index in [0.29, 0.717) is 5.82 Å². The van der Waals surface area contributed by atoms with Gasteiger partial charge in [-0.1, -0.05) is 49.7 Å². The van der Waals surface area contributed by atoms with E-state index in [9.17, 15) is 0 Å². The zero-order valence-electron chi connectivity index (χ0n) is 19.4. The summed E-state index contributed by atoms with van der Waals surface area (Å²) in [6, 6.07) is 24.6. The van der Waals surface area contributed by atoms with Gasteiger partial charge in [-0.05, 0) is 54.8 Å². The number of anilines is 1. The van der Waals surface area contributed by atoms with Crippen molar-refractivity contribution in [3.63, 3.8) is 0 Å². The smallest absolute Gasteiger partial charge is 0.166 e. The highest BCUT2D eigenvalue weighted by molar-refractivity contribution is 6.02. The van der Waals surface area contributed by atoms with Crippen molar-refractivity contribution in [2.45, 2.75) is 26.2 Å². The quantitative estimate of drug-likeness (QED) is 0.350. The number of imidazole rings is 1. The van der Waals surface area contributed by atoms with Crippen molar-refractivity contribution in [1.29, 1.82) is 0 Å². The zero-order valence-corrected chi connectivity index (χ0v) is 19.4. The molecule has 3 heterocycles. The molecule has 0 radical (unpaired) electrons. The summed E-state index contributed by atoms with van der Waals surface area (Å²) >= 11 is 0. The van der Waals surface area contributed by atoms with Crippen LogP contribution < -0.4 is 5.73 Å². The normalized spacial score (nSPS) is 11.7. The van der Waals surface area contributed by atoms with Crippen molar-refractivity contribution in [2.24, 2.45) is 7.05 Å². The first-order valence-electron chi connectivity index (χ1n) is 11.7. The Kier molecular flexibility index (Phi) is 4.80. The van der Waals surface area contributed by atoms with Crippen LogP contribution in [0.25, 0.3) is 50.3 Å². The minimum atomic E-state index is 0.588. The maximum absolute atomic E-state index is 6.88. The number of unbranched alkanes of at least 4 members (excludes halogenated alkanes) is 1. The largest absolute Gasteiger partial charge is 0.384 e. The molecule has 6 heteroatoms. The molecular weight excluding hydrogens is 420 g/mol. The fourth-order valence-corrected chi connectivity index (χ4v) is 4.71. The summed E-state index contributed by atoms with van der Waals surface area (Å²) in [6.07, 6.45) is 3.44. The van der Waals surface area contributed by atoms with Gasteiger partial charge in [-0.15, -0.1) is 0 Å². The zero-order chi connectivity index (χ0) is 23.2. The summed E-state index contributed by atoms with van der Waals surface area (Å²) in [4.78, 5) is 14.9. The first kappa shape index (κ1) is 20.4. The number of nitrogens with zero attached hydrogens (tertiary/aromatic N) is 5. The summed E-state index contributed by atoms with van der Waals surface area (Å²) in [6.45, 7) is 2.21. The molecule has 6 nitrogen and oxygen atoms in total. The molecule has 0 aliphatic rings. The number of rotatable bonds is 5. The van der Waals surface area contributed by atoms with Crippen LogP contribution in [0.3, 0.4) is 0 Å². The van der Waals surface area contributed by atoms with E-state index in [0.717, 1.165) is 56.7 Å². The lowest BCUT2D eigenvalue weighted by molar-refractivity contribution is 0.795. The maximum Gasteiger partial charge on any atom is 0.166 e. The van der Waals surface area contributed by atoms with Crippen molar-refractivity contribution < 1.29 is 0 Å². The number of para-hydroxylation sites is 4. The van der Waals surface area contributed by atoms with Gasteiger partial charge in [-0.2, -0.15) is 0 Å². The van der Waals surface area contributed by atoms with E-state index in [-0.39, 0.29) is 0 Å². The first-order chi connectivity index (χ1) is 16.7. The molecule has 6 rings (SSSR count). The number of benzene rings is 3. The third-order valence-electron chi connectivity index (χ3n) is 6.52. The van der Waals surface area contributed by atoms with Crippen LogP contribution in [-0.4, -0.2) is 24.1 Å². The highest BCUT2D eigenvalue weighted by Crippen LogP contribution is 2.38. The minimum absolute atomic E-state index is 0.588. The molecule has 168 valence electrons. The van der Waals surface area contributed by atoms with Crippen molar-refractivity contribution in [3.05, 3.63) is 78.4 Å². The second-order valence-electron chi connectivity index (χ2n) is 8.73. The molecule has 0 bridgehead atoms. The number of nitrogens with two attached hydrogens (primary N) is 1. The van der Waals surface area contributed by atoms with Gasteiger partial charge in [0.1, 0.15) is 17.2 Å². The Morgan fingerprint density at radius 2 is 1.47 bits per heavy atom. The molecule has 0 amide bonds. The van der Waals surface area contributed by atoms with Crippen LogP contribution >= 0.6 is 0 Å². The standard InChI is InChI=1S/C28H26N6/c1-3-4-9-18-14-16-19(17-15-18)34-26(29)24(27-32-22-12-7-8-13-23(22)33(27)2)25-28(34)31-21-11-6-5-10-20(21)30-25/h5-8,10-17H,3-4,9,29H2,1-2H3. The topological polar surface area (TPSA) is 74.6 Å². The summed E-state index contributed by atoms with van der Waals surface area (Å²) < 4.78 is 4.09. The molecule has 0 aliphatic heterocycles. The lowest BCUT2D eigenvalue weighted by Gasteiger charge is -2.09. The Hall–Kier alpha value is -4.19. The molecule has 0 saturated carbocycles. The second kappa shape index (κ2) is 7.99. The van der Waals surface area contributed by atoms with E-state index in [2.05, 4.69) is 41.8 Å². The van der Waals surface area contributed by atoms with Crippen molar-refractivity contribution in [2.75, 3.05) is 5.73 Å². The fourth-order valence-electron chi connectivity index (χ4n) is 4.71. The van der Waals surface area contributed by atoms with Crippen molar-refractivity contribution >= 4 is 39.0 Å². The lowest BCUT2D eigenvalue weighted by Crippen LogP contribution is -2.03. The Balaban J connectivity index is 1.64. The summed E-state index contributed by atoms with van der Waals surface area (Å²) in [5, 5.41) is 0. The molecule has 3 aromatic carbocycles. The van der Waals surface area contributed by atoms with Gasteiger partial charge >= 0.3 is 0 Å². The van der Waals surface area contributed by atoms with Gasteiger partial charge in [0.25, 0.3) is 0 Å². The van der Waals surface area contributed by atoms with Crippen LogP contribution in [0.2, 0.25) is 0 Å². The predicted molar refractivity (Wildman–Crippen MR) is 139 cm³/mol. The third kappa shape index (κ3) is 3.14. The highest BCUT2D eigenvalue weighted by Gasteiger charge is 2.24. The fraction of sp³-hybridized carbons (Fsp3) is 0.179. The average molecular weight is 447 g/mol. The Morgan fingerprint density at radius 3 is 2.18 bits per heavy atom. The number of nitrogen functional groups attached to an aromatic ring is 1. The minimum Gasteiger partial charge on any atom is -0.384 e.